The minimum Gasteiger partial charge on any atom is -0.494 e. The molecule has 0 aliphatic rings. The molecule has 0 amide bonds. The first-order valence-corrected chi connectivity index (χ1v) is 7.72. The molecule has 21 heavy (non-hydrogen) atoms. The number of para-hydroxylation sites is 1. The summed E-state index contributed by atoms with van der Waals surface area (Å²) >= 11 is 5.94. The summed E-state index contributed by atoms with van der Waals surface area (Å²) in [5.41, 5.74) is 2.40. The lowest BCUT2D eigenvalue weighted by Gasteiger charge is -2.22. The molecule has 0 saturated heterocycles. The molecule has 0 bridgehead atoms. The number of ether oxygens (including phenoxy) is 1. The van der Waals surface area contributed by atoms with Crippen molar-refractivity contribution >= 4 is 11.6 Å². The zero-order valence-corrected chi connectivity index (χ0v) is 13.5. The summed E-state index contributed by atoms with van der Waals surface area (Å²) < 4.78 is 5.70. The second-order valence-electron chi connectivity index (χ2n) is 5.13. The van der Waals surface area contributed by atoms with Crippen LogP contribution in [0.15, 0.2) is 48.5 Å². The first kappa shape index (κ1) is 15.9. The third-order valence-corrected chi connectivity index (χ3v) is 3.81. The zero-order chi connectivity index (χ0) is 15.2. The Morgan fingerprint density at radius 1 is 1.00 bits per heavy atom. The topological polar surface area (TPSA) is 21.3 Å². The lowest BCUT2D eigenvalue weighted by Crippen LogP contribution is -2.23. The fraction of sp³-hybridized carbons (Fsp3) is 0.333. The molecule has 0 aliphatic carbocycles. The van der Waals surface area contributed by atoms with E-state index in [1.54, 1.807) is 0 Å². The second kappa shape index (κ2) is 7.48. The number of benzene rings is 2. The summed E-state index contributed by atoms with van der Waals surface area (Å²) in [5, 5.41) is 4.37. The molecule has 2 aromatic carbocycles. The number of rotatable bonds is 6. The highest BCUT2D eigenvalue weighted by molar-refractivity contribution is 6.30. The van der Waals surface area contributed by atoms with Crippen molar-refractivity contribution in [2.45, 2.75) is 32.9 Å². The second-order valence-corrected chi connectivity index (χ2v) is 5.57. The summed E-state index contributed by atoms with van der Waals surface area (Å²) in [4.78, 5) is 0. The molecule has 2 rings (SSSR count). The standard InChI is InChI=1S/C18H22ClNO/c1-4-21-18-8-6-5-7-17(18)14(3)20-13(2)15-9-11-16(19)12-10-15/h5-14,20H,4H2,1-3H3. The number of nitrogens with one attached hydrogen (secondary N) is 1. The van der Waals surface area contributed by atoms with Gasteiger partial charge in [0.2, 0.25) is 0 Å². The summed E-state index contributed by atoms with van der Waals surface area (Å²) in [6.07, 6.45) is 0. The SMILES string of the molecule is CCOc1ccccc1C(C)NC(C)c1ccc(Cl)cc1. The van der Waals surface area contributed by atoms with Gasteiger partial charge < -0.3 is 10.1 Å². The quantitative estimate of drug-likeness (QED) is 0.796. The normalized spacial score (nSPS) is 13.7. The number of halogens is 1. The number of hydrogen-bond acceptors (Lipinski definition) is 2. The van der Waals surface area contributed by atoms with E-state index in [9.17, 15) is 0 Å². The van der Waals surface area contributed by atoms with Crippen molar-refractivity contribution in [3.05, 3.63) is 64.7 Å². The van der Waals surface area contributed by atoms with Gasteiger partial charge in [-0.15, -0.1) is 0 Å². The molecule has 2 unspecified atom stereocenters. The monoisotopic (exact) mass is 303 g/mol. The number of hydrogen-bond donors (Lipinski definition) is 1. The van der Waals surface area contributed by atoms with Gasteiger partial charge in [-0.25, -0.2) is 0 Å². The predicted octanol–water partition coefficient (Wildman–Crippen LogP) is 5.15. The highest BCUT2D eigenvalue weighted by atomic mass is 35.5. The molecule has 0 aromatic heterocycles. The van der Waals surface area contributed by atoms with Crippen LogP contribution in [0.25, 0.3) is 0 Å². The maximum absolute atomic E-state index is 5.94. The van der Waals surface area contributed by atoms with Gasteiger partial charge in [-0.05, 0) is 44.5 Å². The van der Waals surface area contributed by atoms with Crippen molar-refractivity contribution in [1.82, 2.24) is 5.32 Å². The summed E-state index contributed by atoms with van der Waals surface area (Å²) in [5.74, 6) is 0.948. The third-order valence-electron chi connectivity index (χ3n) is 3.56. The molecule has 2 aromatic rings. The van der Waals surface area contributed by atoms with Gasteiger partial charge in [-0.3, -0.25) is 0 Å². The van der Waals surface area contributed by atoms with Crippen LogP contribution >= 0.6 is 11.6 Å². The van der Waals surface area contributed by atoms with Crippen LogP contribution in [0.5, 0.6) is 5.75 Å². The van der Waals surface area contributed by atoms with E-state index in [1.165, 1.54) is 11.1 Å². The van der Waals surface area contributed by atoms with E-state index >= 15 is 0 Å². The molecule has 2 atom stereocenters. The minimum atomic E-state index is 0.207. The van der Waals surface area contributed by atoms with Crippen LogP contribution in [0, 0.1) is 0 Å². The van der Waals surface area contributed by atoms with Crippen molar-refractivity contribution in [2.75, 3.05) is 6.61 Å². The minimum absolute atomic E-state index is 0.207. The largest absolute Gasteiger partial charge is 0.494 e. The Bertz CT molecular complexity index is 568. The fourth-order valence-corrected chi connectivity index (χ4v) is 2.56. The van der Waals surface area contributed by atoms with Crippen LogP contribution in [-0.4, -0.2) is 6.61 Å². The van der Waals surface area contributed by atoms with Crippen LogP contribution in [0.2, 0.25) is 5.02 Å². The molecule has 0 spiro atoms. The van der Waals surface area contributed by atoms with Gasteiger partial charge in [-0.2, -0.15) is 0 Å². The molecule has 0 saturated carbocycles. The van der Waals surface area contributed by atoms with Gasteiger partial charge in [0.15, 0.2) is 0 Å². The Labute approximate surface area is 132 Å². The van der Waals surface area contributed by atoms with Crippen LogP contribution < -0.4 is 10.1 Å². The van der Waals surface area contributed by atoms with E-state index in [2.05, 4.69) is 37.4 Å². The summed E-state index contributed by atoms with van der Waals surface area (Å²) in [6, 6.07) is 16.6. The van der Waals surface area contributed by atoms with Crippen LogP contribution in [0.3, 0.4) is 0 Å². The Morgan fingerprint density at radius 2 is 1.67 bits per heavy atom. The smallest absolute Gasteiger partial charge is 0.124 e. The Hall–Kier alpha value is -1.51. The lowest BCUT2D eigenvalue weighted by molar-refractivity contribution is 0.331. The first-order valence-electron chi connectivity index (χ1n) is 7.35. The Kier molecular flexibility index (Phi) is 5.66. The first-order chi connectivity index (χ1) is 10.1. The zero-order valence-electron chi connectivity index (χ0n) is 12.8. The van der Waals surface area contributed by atoms with Crippen molar-refractivity contribution in [1.29, 1.82) is 0 Å². The lowest BCUT2D eigenvalue weighted by atomic mass is 10.0. The van der Waals surface area contributed by atoms with Crippen molar-refractivity contribution in [3.8, 4) is 5.75 Å². The van der Waals surface area contributed by atoms with E-state index in [0.717, 1.165) is 10.8 Å². The molecule has 0 aliphatic heterocycles. The van der Waals surface area contributed by atoms with Crippen LogP contribution in [0.1, 0.15) is 44.0 Å². The molecule has 112 valence electrons. The van der Waals surface area contributed by atoms with Crippen molar-refractivity contribution in [2.24, 2.45) is 0 Å². The van der Waals surface area contributed by atoms with E-state index in [1.807, 2.05) is 37.3 Å². The van der Waals surface area contributed by atoms with Gasteiger partial charge in [0.25, 0.3) is 0 Å². The molecule has 1 N–H and O–H groups in total. The highest BCUT2D eigenvalue weighted by Gasteiger charge is 2.14. The van der Waals surface area contributed by atoms with Crippen molar-refractivity contribution < 1.29 is 4.74 Å². The molecular formula is C18H22ClNO. The van der Waals surface area contributed by atoms with E-state index in [4.69, 9.17) is 16.3 Å². The maximum Gasteiger partial charge on any atom is 0.124 e. The summed E-state index contributed by atoms with van der Waals surface area (Å²) in [7, 11) is 0. The predicted molar refractivity (Wildman–Crippen MR) is 89.0 cm³/mol. The van der Waals surface area contributed by atoms with Crippen LogP contribution in [-0.2, 0) is 0 Å². The molecule has 3 heteroatoms. The third kappa shape index (κ3) is 4.23. The van der Waals surface area contributed by atoms with Crippen molar-refractivity contribution in [3.63, 3.8) is 0 Å². The van der Waals surface area contributed by atoms with Gasteiger partial charge >= 0.3 is 0 Å². The van der Waals surface area contributed by atoms with E-state index in [-0.39, 0.29) is 12.1 Å². The van der Waals surface area contributed by atoms with Crippen LogP contribution in [0.4, 0.5) is 0 Å². The average molecular weight is 304 g/mol. The molecule has 2 nitrogen and oxygen atoms in total. The Balaban J connectivity index is 2.10. The fourth-order valence-electron chi connectivity index (χ4n) is 2.44. The average Bonchev–Trinajstić information content (AvgIpc) is 2.48. The highest BCUT2D eigenvalue weighted by Crippen LogP contribution is 2.27. The van der Waals surface area contributed by atoms with E-state index < -0.39 is 0 Å². The molecular weight excluding hydrogens is 282 g/mol. The molecule has 0 fully saturated rings. The van der Waals surface area contributed by atoms with Gasteiger partial charge in [0.1, 0.15) is 5.75 Å². The maximum atomic E-state index is 5.94. The summed E-state index contributed by atoms with van der Waals surface area (Å²) in [6.45, 7) is 7.00. The molecule has 0 heterocycles. The Morgan fingerprint density at radius 3 is 2.33 bits per heavy atom. The van der Waals surface area contributed by atoms with E-state index in [0.29, 0.717) is 6.61 Å². The molecule has 0 radical (unpaired) electrons. The van der Waals surface area contributed by atoms with Gasteiger partial charge in [0.05, 0.1) is 6.61 Å². The van der Waals surface area contributed by atoms with Gasteiger partial charge in [-0.1, -0.05) is 41.9 Å². The van der Waals surface area contributed by atoms with Gasteiger partial charge in [0, 0.05) is 22.7 Å².